The normalized spacial score (nSPS) is 12.6. The van der Waals surface area contributed by atoms with Gasteiger partial charge in [0, 0.05) is 24.0 Å². The number of anilines is 1. The molecule has 0 bridgehead atoms. The molecule has 2 aromatic heterocycles. The van der Waals surface area contributed by atoms with Crippen LogP contribution in [0.4, 0.5) is 6.01 Å². The summed E-state index contributed by atoms with van der Waals surface area (Å²) in [7, 11) is 0. The van der Waals surface area contributed by atoms with Crippen molar-refractivity contribution in [3.8, 4) is 0 Å². The van der Waals surface area contributed by atoms with Crippen LogP contribution in [0.1, 0.15) is 23.7 Å². The number of thiazole rings is 1. The highest BCUT2D eigenvalue weighted by molar-refractivity contribution is 7.09. The smallest absolute Gasteiger partial charge is 0.315 e. The lowest BCUT2D eigenvalue weighted by atomic mass is 10.2. The van der Waals surface area contributed by atoms with E-state index in [-0.39, 0.29) is 6.54 Å². The summed E-state index contributed by atoms with van der Waals surface area (Å²) in [5.74, 6) is 0.748. The van der Waals surface area contributed by atoms with E-state index < -0.39 is 0 Å². The van der Waals surface area contributed by atoms with Gasteiger partial charge in [0.25, 0.3) is 0 Å². The van der Waals surface area contributed by atoms with Crippen LogP contribution in [0.25, 0.3) is 0 Å². The molecule has 1 unspecified atom stereocenters. The lowest BCUT2D eigenvalue weighted by Crippen LogP contribution is -2.09. The fraction of sp³-hybridized carbons (Fsp3) is 0.444. The Labute approximate surface area is 96.9 Å². The van der Waals surface area contributed by atoms with Gasteiger partial charge in [-0.05, 0) is 0 Å². The number of rotatable bonds is 5. The SMILES string of the molecule is CC(CNc1nnc(CN)o1)c1nccs1. The average molecular weight is 239 g/mol. The minimum atomic E-state index is 0.261. The highest BCUT2D eigenvalue weighted by Gasteiger charge is 2.10. The van der Waals surface area contributed by atoms with Crippen LogP contribution in [0.2, 0.25) is 0 Å². The molecule has 0 amide bonds. The molecule has 7 heteroatoms. The quantitative estimate of drug-likeness (QED) is 0.814. The molecule has 2 heterocycles. The number of nitrogens with two attached hydrogens (primary N) is 1. The largest absolute Gasteiger partial charge is 0.407 e. The van der Waals surface area contributed by atoms with Gasteiger partial charge in [-0.25, -0.2) is 4.98 Å². The Bertz CT molecular complexity index is 427. The second-order valence-corrected chi connectivity index (χ2v) is 4.28. The summed E-state index contributed by atoms with van der Waals surface area (Å²) in [6.45, 7) is 3.06. The van der Waals surface area contributed by atoms with Crippen LogP contribution in [0.15, 0.2) is 16.0 Å². The van der Waals surface area contributed by atoms with Gasteiger partial charge in [-0.2, -0.15) is 0 Å². The van der Waals surface area contributed by atoms with Gasteiger partial charge in [-0.15, -0.1) is 16.4 Å². The van der Waals surface area contributed by atoms with E-state index in [4.69, 9.17) is 10.2 Å². The molecule has 0 saturated carbocycles. The first kappa shape index (κ1) is 11.0. The summed E-state index contributed by atoms with van der Waals surface area (Å²) < 4.78 is 5.23. The molecule has 2 rings (SSSR count). The van der Waals surface area contributed by atoms with E-state index in [1.807, 2.05) is 5.38 Å². The van der Waals surface area contributed by atoms with E-state index >= 15 is 0 Å². The minimum Gasteiger partial charge on any atom is -0.407 e. The molecule has 0 aliphatic heterocycles. The second kappa shape index (κ2) is 5.04. The van der Waals surface area contributed by atoms with Crippen molar-refractivity contribution in [1.29, 1.82) is 0 Å². The van der Waals surface area contributed by atoms with Crippen LogP contribution < -0.4 is 11.1 Å². The van der Waals surface area contributed by atoms with Gasteiger partial charge in [0.1, 0.15) is 0 Å². The molecule has 0 aliphatic rings. The summed E-state index contributed by atoms with van der Waals surface area (Å²) >= 11 is 1.64. The molecule has 0 radical (unpaired) electrons. The van der Waals surface area contributed by atoms with E-state index in [9.17, 15) is 0 Å². The highest BCUT2D eigenvalue weighted by atomic mass is 32.1. The maximum atomic E-state index is 5.36. The zero-order valence-corrected chi connectivity index (χ0v) is 9.70. The van der Waals surface area contributed by atoms with Crippen LogP contribution in [-0.2, 0) is 6.54 Å². The molecule has 0 fully saturated rings. The van der Waals surface area contributed by atoms with E-state index in [1.165, 1.54) is 0 Å². The minimum absolute atomic E-state index is 0.261. The first-order valence-electron chi connectivity index (χ1n) is 4.95. The van der Waals surface area contributed by atoms with Crippen LogP contribution in [0, 0.1) is 0 Å². The van der Waals surface area contributed by atoms with Gasteiger partial charge in [0.2, 0.25) is 5.89 Å². The van der Waals surface area contributed by atoms with Gasteiger partial charge in [-0.3, -0.25) is 0 Å². The molecule has 3 N–H and O–H groups in total. The maximum absolute atomic E-state index is 5.36. The predicted molar refractivity (Wildman–Crippen MR) is 61.2 cm³/mol. The van der Waals surface area contributed by atoms with Gasteiger partial charge in [-0.1, -0.05) is 12.0 Å². The summed E-state index contributed by atoms with van der Waals surface area (Å²) in [5.41, 5.74) is 5.36. The van der Waals surface area contributed by atoms with E-state index in [0.29, 0.717) is 24.4 Å². The van der Waals surface area contributed by atoms with Crippen LogP contribution in [0.5, 0.6) is 0 Å². The number of hydrogen-bond donors (Lipinski definition) is 2. The molecule has 1 atom stereocenters. The Morgan fingerprint density at radius 3 is 3.06 bits per heavy atom. The number of hydrogen-bond acceptors (Lipinski definition) is 7. The molecule has 0 saturated heterocycles. The van der Waals surface area contributed by atoms with Crippen molar-refractivity contribution >= 4 is 17.4 Å². The third kappa shape index (κ3) is 2.56. The van der Waals surface area contributed by atoms with Gasteiger partial charge >= 0.3 is 6.01 Å². The van der Waals surface area contributed by atoms with Gasteiger partial charge in [0.15, 0.2) is 0 Å². The number of nitrogens with one attached hydrogen (secondary N) is 1. The Morgan fingerprint density at radius 2 is 2.44 bits per heavy atom. The van der Waals surface area contributed by atoms with E-state index in [2.05, 4.69) is 27.4 Å². The van der Waals surface area contributed by atoms with Crippen molar-refractivity contribution in [3.05, 3.63) is 22.5 Å². The van der Waals surface area contributed by atoms with Gasteiger partial charge < -0.3 is 15.5 Å². The monoisotopic (exact) mass is 239 g/mol. The Hall–Kier alpha value is -1.47. The first-order valence-corrected chi connectivity index (χ1v) is 5.83. The second-order valence-electron chi connectivity index (χ2n) is 3.36. The summed E-state index contributed by atoms with van der Waals surface area (Å²) in [6.07, 6.45) is 1.80. The topological polar surface area (TPSA) is 89.9 Å². The van der Waals surface area contributed by atoms with Crippen LogP contribution >= 0.6 is 11.3 Å². The molecule has 2 aromatic rings. The van der Waals surface area contributed by atoms with Gasteiger partial charge in [0.05, 0.1) is 11.6 Å². The molecule has 16 heavy (non-hydrogen) atoms. The van der Waals surface area contributed by atoms with Crippen LogP contribution in [0.3, 0.4) is 0 Å². The van der Waals surface area contributed by atoms with E-state index in [0.717, 1.165) is 5.01 Å². The van der Waals surface area contributed by atoms with Crippen LogP contribution in [-0.4, -0.2) is 21.7 Å². The molecule has 86 valence electrons. The Kier molecular flexibility index (Phi) is 3.47. The van der Waals surface area contributed by atoms with Crippen molar-refractivity contribution in [2.45, 2.75) is 19.4 Å². The third-order valence-corrected chi connectivity index (χ3v) is 3.08. The third-order valence-electron chi connectivity index (χ3n) is 2.07. The number of nitrogens with zero attached hydrogens (tertiary/aromatic N) is 3. The summed E-state index contributed by atoms with van der Waals surface area (Å²) in [6, 6.07) is 0.406. The molecule has 0 aromatic carbocycles. The van der Waals surface area contributed by atoms with Crippen molar-refractivity contribution in [1.82, 2.24) is 15.2 Å². The zero-order valence-electron chi connectivity index (χ0n) is 8.88. The lowest BCUT2D eigenvalue weighted by Gasteiger charge is -2.07. The van der Waals surface area contributed by atoms with Crippen molar-refractivity contribution in [2.75, 3.05) is 11.9 Å². The molecular formula is C9H13N5OS. The summed E-state index contributed by atoms with van der Waals surface area (Å²) in [4.78, 5) is 4.24. The zero-order chi connectivity index (χ0) is 11.4. The molecule has 6 nitrogen and oxygen atoms in total. The van der Waals surface area contributed by atoms with Crippen molar-refractivity contribution in [2.24, 2.45) is 5.73 Å². The highest BCUT2D eigenvalue weighted by Crippen LogP contribution is 2.18. The average Bonchev–Trinajstić information content (AvgIpc) is 2.96. The molecular weight excluding hydrogens is 226 g/mol. The maximum Gasteiger partial charge on any atom is 0.315 e. The fourth-order valence-corrected chi connectivity index (χ4v) is 1.91. The molecule has 0 spiro atoms. The predicted octanol–water partition coefficient (Wildman–Crippen LogP) is 1.20. The lowest BCUT2D eigenvalue weighted by molar-refractivity contribution is 0.506. The first-order chi connectivity index (χ1) is 7.79. The fourth-order valence-electron chi connectivity index (χ4n) is 1.21. The standard InChI is InChI=1S/C9H13N5OS/c1-6(8-11-2-3-16-8)5-12-9-14-13-7(4-10)15-9/h2-3,6H,4-5,10H2,1H3,(H,12,14). The van der Waals surface area contributed by atoms with Crippen molar-refractivity contribution < 1.29 is 4.42 Å². The van der Waals surface area contributed by atoms with Crippen molar-refractivity contribution in [3.63, 3.8) is 0 Å². The summed E-state index contributed by atoms with van der Waals surface area (Å²) in [5, 5.41) is 13.7. The van der Waals surface area contributed by atoms with E-state index in [1.54, 1.807) is 17.5 Å². The number of aromatic nitrogens is 3. The Balaban J connectivity index is 1.87. The Morgan fingerprint density at radius 1 is 1.56 bits per heavy atom. The molecule has 0 aliphatic carbocycles.